The van der Waals surface area contributed by atoms with Gasteiger partial charge in [0, 0.05) is 0 Å². The summed E-state index contributed by atoms with van der Waals surface area (Å²) in [5.74, 6) is -0.421. The standard InChI is InChI=1S/C13H14N2O3/c1-3-8-18-12(16)9-6-5-7-10-11(9)15-13(14-10)17-4-2/h3,5-7H,1,4,8H2,2H3,(H,14,15). The van der Waals surface area contributed by atoms with Crippen LogP contribution in [-0.4, -0.2) is 29.2 Å². The summed E-state index contributed by atoms with van der Waals surface area (Å²) in [6.45, 7) is 6.05. The molecule has 0 aliphatic rings. The van der Waals surface area contributed by atoms with Crippen LogP contribution in [-0.2, 0) is 4.74 Å². The van der Waals surface area contributed by atoms with E-state index in [-0.39, 0.29) is 6.61 Å². The topological polar surface area (TPSA) is 64.2 Å². The molecule has 2 aromatic rings. The van der Waals surface area contributed by atoms with Gasteiger partial charge in [-0.3, -0.25) is 0 Å². The third kappa shape index (κ3) is 2.34. The fourth-order valence-electron chi connectivity index (χ4n) is 1.59. The van der Waals surface area contributed by atoms with Crippen molar-refractivity contribution in [3.63, 3.8) is 0 Å². The van der Waals surface area contributed by atoms with E-state index < -0.39 is 5.97 Å². The molecule has 0 spiro atoms. The summed E-state index contributed by atoms with van der Waals surface area (Å²) in [7, 11) is 0. The van der Waals surface area contributed by atoms with Gasteiger partial charge in [-0.15, -0.1) is 0 Å². The molecule has 0 aliphatic carbocycles. The third-order valence-corrected chi connectivity index (χ3v) is 2.32. The molecule has 1 heterocycles. The van der Waals surface area contributed by atoms with E-state index in [4.69, 9.17) is 9.47 Å². The summed E-state index contributed by atoms with van der Waals surface area (Å²) in [5, 5.41) is 0. The number of fused-ring (bicyclic) bond motifs is 1. The highest BCUT2D eigenvalue weighted by atomic mass is 16.5. The Labute approximate surface area is 104 Å². The number of aromatic nitrogens is 2. The third-order valence-electron chi connectivity index (χ3n) is 2.32. The van der Waals surface area contributed by atoms with Gasteiger partial charge in [0.2, 0.25) is 0 Å². The van der Waals surface area contributed by atoms with Crippen LogP contribution in [0, 0.1) is 0 Å². The van der Waals surface area contributed by atoms with E-state index >= 15 is 0 Å². The van der Waals surface area contributed by atoms with Crippen LogP contribution in [0.3, 0.4) is 0 Å². The van der Waals surface area contributed by atoms with Gasteiger partial charge < -0.3 is 14.5 Å². The average molecular weight is 246 g/mol. The molecule has 0 unspecified atom stereocenters. The molecule has 1 aromatic carbocycles. The molecule has 0 atom stereocenters. The number of nitrogens with zero attached hydrogens (tertiary/aromatic N) is 1. The molecular formula is C13H14N2O3. The SMILES string of the molecule is C=CCOC(=O)c1cccc2[nH]c(OCC)nc12. The van der Waals surface area contributed by atoms with Crippen molar-refractivity contribution in [2.24, 2.45) is 0 Å². The first kappa shape index (κ1) is 12.2. The molecule has 1 N–H and O–H groups in total. The number of H-pyrrole nitrogens is 1. The van der Waals surface area contributed by atoms with Crippen molar-refractivity contribution in [2.75, 3.05) is 13.2 Å². The number of ether oxygens (including phenoxy) is 2. The van der Waals surface area contributed by atoms with E-state index in [2.05, 4.69) is 16.5 Å². The second-order valence-corrected chi connectivity index (χ2v) is 3.56. The Morgan fingerprint density at radius 2 is 2.39 bits per heavy atom. The summed E-state index contributed by atoms with van der Waals surface area (Å²) in [6, 6.07) is 5.66. The fourth-order valence-corrected chi connectivity index (χ4v) is 1.59. The van der Waals surface area contributed by atoms with Crippen LogP contribution in [0.2, 0.25) is 0 Å². The number of para-hydroxylation sites is 1. The summed E-state index contributed by atoms with van der Waals surface area (Å²) in [5.41, 5.74) is 1.71. The quantitative estimate of drug-likeness (QED) is 0.649. The van der Waals surface area contributed by atoms with Crippen LogP contribution in [0.4, 0.5) is 0 Å². The molecular weight excluding hydrogens is 232 g/mol. The Bertz CT molecular complexity index is 575. The number of nitrogens with one attached hydrogen (secondary N) is 1. The first-order valence-corrected chi connectivity index (χ1v) is 5.65. The monoisotopic (exact) mass is 246 g/mol. The number of rotatable bonds is 5. The number of esters is 1. The van der Waals surface area contributed by atoms with Crippen LogP contribution in [0.5, 0.6) is 6.01 Å². The van der Waals surface area contributed by atoms with E-state index in [1.54, 1.807) is 12.1 Å². The number of aromatic amines is 1. The molecule has 0 aliphatic heterocycles. The Morgan fingerprint density at radius 3 is 3.11 bits per heavy atom. The Kier molecular flexibility index (Phi) is 3.62. The van der Waals surface area contributed by atoms with E-state index in [1.165, 1.54) is 6.08 Å². The van der Waals surface area contributed by atoms with Gasteiger partial charge in [-0.1, -0.05) is 18.7 Å². The highest BCUT2D eigenvalue weighted by molar-refractivity contribution is 6.02. The van der Waals surface area contributed by atoms with Crippen molar-refractivity contribution in [1.82, 2.24) is 9.97 Å². The predicted octanol–water partition coefficient (Wildman–Crippen LogP) is 2.30. The zero-order valence-corrected chi connectivity index (χ0v) is 10.1. The molecule has 5 heteroatoms. The number of hydrogen-bond acceptors (Lipinski definition) is 4. The van der Waals surface area contributed by atoms with Gasteiger partial charge in [0.1, 0.15) is 12.1 Å². The molecule has 0 bridgehead atoms. The summed E-state index contributed by atoms with van der Waals surface area (Å²) < 4.78 is 10.3. The van der Waals surface area contributed by atoms with Gasteiger partial charge in [-0.05, 0) is 19.1 Å². The molecule has 0 fully saturated rings. The summed E-state index contributed by atoms with van der Waals surface area (Å²) >= 11 is 0. The maximum atomic E-state index is 11.8. The van der Waals surface area contributed by atoms with Crippen LogP contribution < -0.4 is 4.74 Å². The molecule has 2 rings (SSSR count). The number of imidazole rings is 1. The normalized spacial score (nSPS) is 10.3. The van der Waals surface area contributed by atoms with Crippen molar-refractivity contribution >= 4 is 17.0 Å². The minimum Gasteiger partial charge on any atom is -0.465 e. The zero-order valence-electron chi connectivity index (χ0n) is 10.1. The molecule has 0 saturated heterocycles. The Hall–Kier alpha value is -2.30. The lowest BCUT2D eigenvalue weighted by Crippen LogP contribution is -2.05. The summed E-state index contributed by atoms with van der Waals surface area (Å²) in [6.07, 6.45) is 1.52. The van der Waals surface area contributed by atoms with Gasteiger partial charge in [0.15, 0.2) is 0 Å². The number of carbonyl (C=O) groups is 1. The second-order valence-electron chi connectivity index (χ2n) is 3.56. The molecule has 5 nitrogen and oxygen atoms in total. The Morgan fingerprint density at radius 1 is 1.56 bits per heavy atom. The smallest absolute Gasteiger partial charge is 0.340 e. The highest BCUT2D eigenvalue weighted by Crippen LogP contribution is 2.20. The van der Waals surface area contributed by atoms with E-state index in [1.807, 2.05) is 13.0 Å². The van der Waals surface area contributed by atoms with Crippen LogP contribution >= 0.6 is 0 Å². The lowest BCUT2D eigenvalue weighted by molar-refractivity contribution is 0.0552. The van der Waals surface area contributed by atoms with Gasteiger partial charge in [0.25, 0.3) is 6.01 Å². The zero-order chi connectivity index (χ0) is 13.0. The predicted molar refractivity (Wildman–Crippen MR) is 67.7 cm³/mol. The van der Waals surface area contributed by atoms with E-state index in [0.717, 1.165) is 5.52 Å². The molecule has 1 aromatic heterocycles. The van der Waals surface area contributed by atoms with Crippen molar-refractivity contribution in [3.05, 3.63) is 36.4 Å². The largest absolute Gasteiger partial charge is 0.465 e. The van der Waals surface area contributed by atoms with E-state index in [9.17, 15) is 4.79 Å². The average Bonchev–Trinajstić information content (AvgIpc) is 2.78. The molecule has 0 amide bonds. The van der Waals surface area contributed by atoms with Gasteiger partial charge in [0.05, 0.1) is 17.7 Å². The summed E-state index contributed by atoms with van der Waals surface area (Å²) in [4.78, 5) is 19.0. The second kappa shape index (κ2) is 5.35. The maximum absolute atomic E-state index is 11.8. The maximum Gasteiger partial charge on any atom is 0.340 e. The molecule has 0 saturated carbocycles. The van der Waals surface area contributed by atoms with Crippen molar-refractivity contribution < 1.29 is 14.3 Å². The van der Waals surface area contributed by atoms with Crippen molar-refractivity contribution in [2.45, 2.75) is 6.92 Å². The first-order chi connectivity index (χ1) is 8.76. The van der Waals surface area contributed by atoms with Crippen molar-refractivity contribution in [3.8, 4) is 6.01 Å². The van der Waals surface area contributed by atoms with Crippen LogP contribution in [0.15, 0.2) is 30.9 Å². The van der Waals surface area contributed by atoms with Crippen LogP contribution in [0.25, 0.3) is 11.0 Å². The fraction of sp³-hybridized carbons (Fsp3) is 0.231. The number of hydrogen-bond donors (Lipinski definition) is 1. The Balaban J connectivity index is 2.37. The number of carbonyl (C=O) groups excluding carboxylic acids is 1. The molecule has 94 valence electrons. The minimum absolute atomic E-state index is 0.179. The number of benzene rings is 1. The van der Waals surface area contributed by atoms with Crippen molar-refractivity contribution in [1.29, 1.82) is 0 Å². The first-order valence-electron chi connectivity index (χ1n) is 5.65. The lowest BCUT2D eigenvalue weighted by Gasteiger charge is -2.01. The van der Waals surface area contributed by atoms with Gasteiger partial charge >= 0.3 is 5.97 Å². The highest BCUT2D eigenvalue weighted by Gasteiger charge is 2.14. The van der Waals surface area contributed by atoms with E-state index in [0.29, 0.717) is 23.7 Å². The molecule has 0 radical (unpaired) electrons. The van der Waals surface area contributed by atoms with Gasteiger partial charge in [-0.25, -0.2) is 4.79 Å². The lowest BCUT2D eigenvalue weighted by atomic mass is 10.2. The van der Waals surface area contributed by atoms with Gasteiger partial charge in [-0.2, -0.15) is 4.98 Å². The molecule has 18 heavy (non-hydrogen) atoms. The van der Waals surface area contributed by atoms with Crippen LogP contribution in [0.1, 0.15) is 17.3 Å². The minimum atomic E-state index is -0.421.